The molecule has 178 valence electrons. The molecule has 5 rings (SSSR count). The minimum Gasteiger partial charge on any atom is -0.478 e. The minimum absolute atomic E-state index is 0.0633. The molecule has 0 bridgehead atoms. The van der Waals surface area contributed by atoms with Crippen molar-refractivity contribution in [1.29, 1.82) is 5.26 Å². The smallest absolute Gasteiger partial charge is 0.347 e. The molecule has 0 aliphatic carbocycles. The fourth-order valence-corrected chi connectivity index (χ4v) is 4.33. The number of hydrogen-bond acceptors (Lipinski definition) is 6. The van der Waals surface area contributed by atoms with Crippen LogP contribution in [0, 0.1) is 11.3 Å². The predicted molar refractivity (Wildman–Crippen MR) is 134 cm³/mol. The highest BCUT2D eigenvalue weighted by atomic mass is 16.4. The molecule has 0 saturated carbocycles. The number of hydrazone groups is 1. The van der Waals surface area contributed by atoms with Gasteiger partial charge in [0, 0.05) is 13.0 Å². The number of nitrogens with zero attached hydrogens (tertiary/aromatic N) is 6. The molecule has 9 nitrogen and oxygen atoms in total. The lowest BCUT2D eigenvalue weighted by Crippen LogP contribution is -2.25. The Bertz CT molecular complexity index is 1560. The van der Waals surface area contributed by atoms with Crippen LogP contribution in [0.5, 0.6) is 0 Å². The number of benzene rings is 3. The summed E-state index contributed by atoms with van der Waals surface area (Å²) in [5, 5.41) is 29.5. The van der Waals surface area contributed by atoms with Crippen LogP contribution in [-0.2, 0) is 13.6 Å². The van der Waals surface area contributed by atoms with Crippen molar-refractivity contribution in [1.82, 2.24) is 14.3 Å². The van der Waals surface area contributed by atoms with E-state index in [4.69, 9.17) is 10.4 Å². The zero-order valence-electron chi connectivity index (χ0n) is 19.4. The molecule has 0 amide bonds. The number of nitriles is 1. The molecule has 4 aromatic rings. The van der Waals surface area contributed by atoms with Crippen LogP contribution in [0.25, 0.3) is 0 Å². The van der Waals surface area contributed by atoms with Crippen LogP contribution >= 0.6 is 0 Å². The molecule has 9 heteroatoms. The molecule has 0 saturated heterocycles. The normalized spacial score (nSPS) is 14.9. The van der Waals surface area contributed by atoms with Crippen molar-refractivity contribution in [2.75, 3.05) is 11.6 Å². The lowest BCUT2D eigenvalue weighted by Gasteiger charge is -2.15. The Morgan fingerprint density at radius 3 is 2.53 bits per heavy atom. The van der Waals surface area contributed by atoms with Crippen LogP contribution < -0.4 is 10.7 Å². The highest BCUT2D eigenvalue weighted by Crippen LogP contribution is 2.31. The van der Waals surface area contributed by atoms with Crippen LogP contribution in [0.2, 0.25) is 0 Å². The Labute approximate surface area is 206 Å². The summed E-state index contributed by atoms with van der Waals surface area (Å²) in [5.41, 5.74) is 3.84. The number of aromatic nitrogens is 3. The van der Waals surface area contributed by atoms with Crippen LogP contribution in [0.3, 0.4) is 0 Å². The van der Waals surface area contributed by atoms with E-state index >= 15 is 0 Å². The Kier molecular flexibility index (Phi) is 5.92. The van der Waals surface area contributed by atoms with Crippen LogP contribution in [0.15, 0.2) is 88.8 Å². The summed E-state index contributed by atoms with van der Waals surface area (Å²) in [6.07, 6.45) is 0. The van der Waals surface area contributed by atoms with Gasteiger partial charge in [0.1, 0.15) is 0 Å². The van der Waals surface area contributed by atoms with Crippen LogP contribution in [-0.4, -0.2) is 37.7 Å². The highest BCUT2D eigenvalue weighted by molar-refractivity contribution is 6.07. The molecule has 0 fully saturated rings. The topological polar surface area (TPSA) is 117 Å². The van der Waals surface area contributed by atoms with Gasteiger partial charge in [0.25, 0.3) is 0 Å². The van der Waals surface area contributed by atoms with Gasteiger partial charge in [-0.3, -0.25) is 4.57 Å². The van der Waals surface area contributed by atoms with Gasteiger partial charge < -0.3 is 5.11 Å². The number of carboxylic acid groups (broad SMARTS) is 1. The maximum Gasteiger partial charge on any atom is 0.347 e. The maximum absolute atomic E-state index is 13.0. The van der Waals surface area contributed by atoms with Gasteiger partial charge in [-0.2, -0.15) is 10.4 Å². The third-order valence-corrected chi connectivity index (χ3v) is 6.18. The maximum atomic E-state index is 13.0. The molecule has 2 heterocycles. The summed E-state index contributed by atoms with van der Waals surface area (Å²) in [5.74, 6) is -0.704. The third kappa shape index (κ3) is 4.28. The first kappa shape index (κ1) is 22.8. The van der Waals surface area contributed by atoms with Crippen molar-refractivity contribution < 1.29 is 9.90 Å². The van der Waals surface area contributed by atoms with E-state index in [0.29, 0.717) is 23.6 Å². The lowest BCUT2D eigenvalue weighted by atomic mass is 9.90. The Morgan fingerprint density at radius 2 is 1.83 bits per heavy atom. The standard InChI is InChI=1S/C27H22N6O3/c1-31-26(30-33(27(31)36)16-19-6-5-9-22(14-19)25(34)35)32-17-23(20-7-3-2-4-8-20)24(29-32)21-12-10-18(15-28)11-13-21/h2-14,23H,16-17H2,1H3,(H,34,35). The molecule has 36 heavy (non-hydrogen) atoms. The number of hydrogen-bond donors (Lipinski definition) is 1. The van der Waals surface area contributed by atoms with Crippen molar-refractivity contribution >= 4 is 17.6 Å². The molecular formula is C27H22N6O3. The van der Waals surface area contributed by atoms with E-state index in [-0.39, 0.29) is 23.7 Å². The van der Waals surface area contributed by atoms with Gasteiger partial charge in [-0.1, -0.05) is 54.6 Å². The fraction of sp³-hybridized carbons (Fsp3) is 0.148. The molecule has 1 unspecified atom stereocenters. The summed E-state index contributed by atoms with van der Waals surface area (Å²) >= 11 is 0. The molecule has 1 aromatic heterocycles. The van der Waals surface area contributed by atoms with E-state index in [1.54, 1.807) is 36.3 Å². The number of rotatable bonds is 6. The monoisotopic (exact) mass is 478 g/mol. The minimum atomic E-state index is -1.03. The van der Waals surface area contributed by atoms with E-state index in [1.165, 1.54) is 21.4 Å². The molecule has 1 N–H and O–H groups in total. The number of carboxylic acids is 1. The molecular weight excluding hydrogens is 456 g/mol. The van der Waals surface area contributed by atoms with Gasteiger partial charge >= 0.3 is 11.7 Å². The second-order valence-corrected chi connectivity index (χ2v) is 8.52. The zero-order chi connectivity index (χ0) is 25.2. The van der Waals surface area contributed by atoms with Gasteiger partial charge in [0.15, 0.2) is 0 Å². The Balaban J connectivity index is 1.51. The zero-order valence-corrected chi connectivity index (χ0v) is 19.4. The second kappa shape index (κ2) is 9.35. The lowest BCUT2D eigenvalue weighted by molar-refractivity contribution is 0.0696. The molecule has 0 radical (unpaired) electrons. The van der Waals surface area contributed by atoms with Crippen molar-refractivity contribution in [2.45, 2.75) is 12.5 Å². The Hall–Kier alpha value is -4.97. The van der Waals surface area contributed by atoms with Gasteiger partial charge in [-0.25, -0.2) is 19.3 Å². The van der Waals surface area contributed by atoms with E-state index < -0.39 is 5.97 Å². The SMILES string of the molecule is Cn1c(N2CC(c3ccccc3)C(c3ccc(C#N)cc3)=N2)nn(Cc2cccc(C(=O)O)c2)c1=O. The first-order valence-corrected chi connectivity index (χ1v) is 11.3. The molecule has 0 spiro atoms. The van der Waals surface area contributed by atoms with Gasteiger partial charge in [-0.15, -0.1) is 5.10 Å². The average Bonchev–Trinajstić information content (AvgIpc) is 3.47. The Morgan fingerprint density at radius 1 is 1.08 bits per heavy atom. The van der Waals surface area contributed by atoms with Crippen LogP contribution in [0.1, 0.15) is 38.5 Å². The fourth-order valence-electron chi connectivity index (χ4n) is 4.33. The van der Waals surface area contributed by atoms with Crippen molar-refractivity contribution in [2.24, 2.45) is 12.1 Å². The predicted octanol–water partition coefficient (Wildman–Crippen LogP) is 3.21. The number of aromatic carboxylic acids is 1. The number of carbonyl (C=O) groups is 1. The summed E-state index contributed by atoms with van der Waals surface area (Å²) < 4.78 is 2.75. The summed E-state index contributed by atoms with van der Waals surface area (Å²) in [6.45, 7) is 0.619. The average molecular weight is 479 g/mol. The van der Waals surface area contributed by atoms with Gasteiger partial charge in [-0.05, 0) is 41.0 Å². The van der Waals surface area contributed by atoms with Crippen molar-refractivity contribution in [3.05, 3.63) is 117 Å². The largest absolute Gasteiger partial charge is 0.478 e. The summed E-state index contributed by atoms with van der Waals surface area (Å²) in [7, 11) is 1.64. The second-order valence-electron chi connectivity index (χ2n) is 8.52. The quantitative estimate of drug-likeness (QED) is 0.455. The molecule has 1 aliphatic heterocycles. The van der Waals surface area contributed by atoms with E-state index in [9.17, 15) is 14.7 Å². The van der Waals surface area contributed by atoms with E-state index in [0.717, 1.165) is 16.8 Å². The summed E-state index contributed by atoms with van der Waals surface area (Å²) in [6, 6.07) is 25.9. The van der Waals surface area contributed by atoms with E-state index in [2.05, 4.69) is 11.2 Å². The number of anilines is 1. The van der Waals surface area contributed by atoms with Crippen molar-refractivity contribution in [3.63, 3.8) is 0 Å². The summed E-state index contributed by atoms with van der Waals surface area (Å²) in [4.78, 5) is 24.3. The molecule has 3 aromatic carbocycles. The van der Waals surface area contributed by atoms with Crippen LogP contribution in [0.4, 0.5) is 5.95 Å². The van der Waals surface area contributed by atoms with Crippen molar-refractivity contribution in [3.8, 4) is 6.07 Å². The third-order valence-electron chi connectivity index (χ3n) is 6.18. The molecule has 1 aliphatic rings. The first-order valence-electron chi connectivity index (χ1n) is 11.3. The van der Waals surface area contributed by atoms with E-state index in [1.807, 2.05) is 42.5 Å². The highest BCUT2D eigenvalue weighted by Gasteiger charge is 2.32. The van der Waals surface area contributed by atoms with Gasteiger partial charge in [0.05, 0.1) is 36.0 Å². The molecule has 1 atom stereocenters. The first-order chi connectivity index (χ1) is 17.4. The van der Waals surface area contributed by atoms with Gasteiger partial charge in [0.2, 0.25) is 5.95 Å².